The van der Waals surface area contributed by atoms with E-state index in [0.717, 1.165) is 5.56 Å². The molecule has 25 heavy (non-hydrogen) atoms. The van der Waals surface area contributed by atoms with Gasteiger partial charge in [-0.2, -0.15) is 0 Å². The van der Waals surface area contributed by atoms with Crippen LogP contribution in [0.2, 0.25) is 0 Å². The van der Waals surface area contributed by atoms with E-state index in [1.54, 1.807) is 19.2 Å². The van der Waals surface area contributed by atoms with Gasteiger partial charge in [0, 0.05) is 20.2 Å². The third kappa shape index (κ3) is 5.80. The maximum atomic E-state index is 12.0. The van der Waals surface area contributed by atoms with Gasteiger partial charge >= 0.3 is 0 Å². The monoisotopic (exact) mass is 369 g/mol. The van der Waals surface area contributed by atoms with Crippen LogP contribution in [0.4, 0.5) is 0 Å². The number of benzene rings is 1. The Hall–Kier alpha value is -1.97. The molecule has 0 radical (unpaired) electrons. The molecule has 2 rings (SSSR count). The summed E-state index contributed by atoms with van der Waals surface area (Å²) in [4.78, 5) is 23.9. The highest BCUT2D eigenvalue weighted by atomic mass is 32.2. The number of methoxy groups -OCH3 is 1. The van der Waals surface area contributed by atoms with Crippen LogP contribution in [0.5, 0.6) is 0 Å². The molecule has 1 fully saturated rings. The number of primary sulfonamides is 1. The smallest absolute Gasteiger partial charge is 0.238 e. The second kappa shape index (κ2) is 8.41. The Bertz CT molecular complexity index is 718. The van der Waals surface area contributed by atoms with Gasteiger partial charge in [0.25, 0.3) is 0 Å². The van der Waals surface area contributed by atoms with Crippen molar-refractivity contribution in [3.05, 3.63) is 29.8 Å². The van der Waals surface area contributed by atoms with E-state index in [1.165, 1.54) is 12.1 Å². The van der Waals surface area contributed by atoms with E-state index in [0.29, 0.717) is 32.5 Å². The molecule has 8 nitrogen and oxygen atoms in total. The van der Waals surface area contributed by atoms with Crippen molar-refractivity contribution in [2.75, 3.05) is 26.8 Å². The molecule has 0 aliphatic heterocycles. The molecule has 1 aromatic carbocycles. The zero-order valence-corrected chi connectivity index (χ0v) is 14.8. The fourth-order valence-corrected chi connectivity index (χ4v) is 3.00. The van der Waals surface area contributed by atoms with Gasteiger partial charge < -0.3 is 15.4 Å². The molecule has 1 aliphatic carbocycles. The average Bonchev–Trinajstić information content (AvgIpc) is 3.35. The zero-order chi connectivity index (χ0) is 18.4. The number of nitrogens with one attached hydrogen (secondary N) is 2. The van der Waals surface area contributed by atoms with E-state index in [4.69, 9.17) is 9.88 Å². The third-order valence-corrected chi connectivity index (χ3v) is 4.96. The molecule has 2 atom stereocenters. The van der Waals surface area contributed by atoms with Crippen LogP contribution >= 0.6 is 0 Å². The first-order chi connectivity index (χ1) is 11.8. The number of sulfonamides is 1. The number of nitrogens with two attached hydrogens (primary N) is 1. The summed E-state index contributed by atoms with van der Waals surface area (Å²) in [5.74, 6) is -0.776. The van der Waals surface area contributed by atoms with Crippen molar-refractivity contribution < 1.29 is 22.7 Å². The van der Waals surface area contributed by atoms with Gasteiger partial charge in [-0.05, 0) is 30.5 Å². The Labute approximate surface area is 147 Å². The van der Waals surface area contributed by atoms with Gasteiger partial charge in [-0.3, -0.25) is 9.59 Å². The number of hydrogen-bond acceptors (Lipinski definition) is 5. The number of hydrogen-bond donors (Lipinski definition) is 3. The molecule has 138 valence electrons. The standard InChI is InChI=1S/C16H23N3O5S/c1-24-9-8-19-16(21)14-10-13(14)15(20)18-7-6-11-2-4-12(5-3-11)25(17,22)23/h2-5,13-14H,6-10H2,1H3,(H,18,20)(H,19,21)(H2,17,22,23). The summed E-state index contributed by atoms with van der Waals surface area (Å²) in [5.41, 5.74) is 0.886. The highest BCUT2D eigenvalue weighted by Gasteiger charge is 2.47. The molecule has 1 aliphatic rings. The van der Waals surface area contributed by atoms with E-state index >= 15 is 0 Å². The molecule has 4 N–H and O–H groups in total. The van der Waals surface area contributed by atoms with Crippen molar-refractivity contribution in [1.82, 2.24) is 10.6 Å². The number of carbonyl (C=O) groups is 2. The lowest BCUT2D eigenvalue weighted by Crippen LogP contribution is -2.32. The molecule has 9 heteroatoms. The zero-order valence-electron chi connectivity index (χ0n) is 14.0. The van der Waals surface area contributed by atoms with E-state index in [-0.39, 0.29) is 28.5 Å². The van der Waals surface area contributed by atoms with Crippen LogP contribution in [0.25, 0.3) is 0 Å². The summed E-state index contributed by atoms with van der Waals surface area (Å²) in [6.07, 6.45) is 1.13. The van der Waals surface area contributed by atoms with Crippen molar-refractivity contribution >= 4 is 21.8 Å². The predicted octanol–water partition coefficient (Wildman–Crippen LogP) is -0.609. The summed E-state index contributed by atoms with van der Waals surface area (Å²) >= 11 is 0. The van der Waals surface area contributed by atoms with Crippen molar-refractivity contribution in [2.45, 2.75) is 17.7 Å². The minimum atomic E-state index is -3.69. The summed E-state index contributed by atoms with van der Waals surface area (Å²) < 4.78 is 27.2. The topological polar surface area (TPSA) is 128 Å². The van der Waals surface area contributed by atoms with Crippen molar-refractivity contribution in [3.63, 3.8) is 0 Å². The first kappa shape index (κ1) is 19.4. The lowest BCUT2D eigenvalue weighted by atomic mass is 10.1. The van der Waals surface area contributed by atoms with Gasteiger partial charge in [0.05, 0.1) is 23.3 Å². The molecule has 0 saturated heterocycles. The quantitative estimate of drug-likeness (QED) is 0.501. The minimum absolute atomic E-state index is 0.0561. The van der Waals surface area contributed by atoms with Gasteiger partial charge in [-0.1, -0.05) is 12.1 Å². The van der Waals surface area contributed by atoms with Crippen molar-refractivity contribution in [1.29, 1.82) is 0 Å². The fourth-order valence-electron chi connectivity index (χ4n) is 2.49. The van der Waals surface area contributed by atoms with Gasteiger partial charge in [-0.15, -0.1) is 0 Å². The summed E-state index contributed by atoms with van der Waals surface area (Å²) in [6, 6.07) is 6.20. The highest BCUT2D eigenvalue weighted by Crippen LogP contribution is 2.38. The van der Waals surface area contributed by atoms with Crippen LogP contribution in [0.3, 0.4) is 0 Å². The number of ether oxygens (including phenoxy) is 1. The second-order valence-electron chi connectivity index (χ2n) is 5.96. The normalized spacial score (nSPS) is 19.3. The Kier molecular flexibility index (Phi) is 6.51. The van der Waals surface area contributed by atoms with Gasteiger partial charge in [0.1, 0.15) is 0 Å². The first-order valence-electron chi connectivity index (χ1n) is 7.99. The molecular weight excluding hydrogens is 346 g/mol. The van der Waals surface area contributed by atoms with Crippen LogP contribution in [0.15, 0.2) is 29.2 Å². The third-order valence-electron chi connectivity index (χ3n) is 4.03. The largest absolute Gasteiger partial charge is 0.383 e. The lowest BCUT2D eigenvalue weighted by molar-refractivity contribution is -0.127. The highest BCUT2D eigenvalue weighted by molar-refractivity contribution is 7.89. The number of rotatable bonds is 9. The average molecular weight is 369 g/mol. The Morgan fingerprint density at radius 2 is 1.68 bits per heavy atom. The Morgan fingerprint density at radius 3 is 2.20 bits per heavy atom. The number of amides is 2. The molecule has 2 unspecified atom stereocenters. The van der Waals surface area contributed by atoms with E-state index in [9.17, 15) is 18.0 Å². The fraction of sp³-hybridized carbons (Fsp3) is 0.500. The Morgan fingerprint density at radius 1 is 1.12 bits per heavy atom. The lowest BCUT2D eigenvalue weighted by Gasteiger charge is -2.06. The molecule has 0 heterocycles. The second-order valence-corrected chi connectivity index (χ2v) is 7.52. The van der Waals surface area contributed by atoms with E-state index < -0.39 is 10.0 Å². The molecule has 1 saturated carbocycles. The van der Waals surface area contributed by atoms with Crippen LogP contribution in [0.1, 0.15) is 12.0 Å². The van der Waals surface area contributed by atoms with Crippen LogP contribution in [0, 0.1) is 11.8 Å². The molecule has 0 bridgehead atoms. The van der Waals surface area contributed by atoms with Crippen LogP contribution < -0.4 is 15.8 Å². The molecule has 0 spiro atoms. The maximum absolute atomic E-state index is 12.0. The maximum Gasteiger partial charge on any atom is 0.238 e. The van der Waals surface area contributed by atoms with Gasteiger partial charge in [-0.25, -0.2) is 13.6 Å². The van der Waals surface area contributed by atoms with Crippen LogP contribution in [-0.2, 0) is 30.8 Å². The van der Waals surface area contributed by atoms with Crippen molar-refractivity contribution in [2.24, 2.45) is 17.0 Å². The summed E-state index contributed by atoms with van der Waals surface area (Å²) in [7, 11) is -2.14. The van der Waals surface area contributed by atoms with Gasteiger partial charge in [0.2, 0.25) is 21.8 Å². The van der Waals surface area contributed by atoms with E-state index in [1.807, 2.05) is 0 Å². The predicted molar refractivity (Wildman–Crippen MR) is 91.0 cm³/mol. The minimum Gasteiger partial charge on any atom is -0.383 e. The SMILES string of the molecule is COCCNC(=O)C1CC1C(=O)NCCc1ccc(S(N)(=O)=O)cc1. The summed E-state index contributed by atoms with van der Waals surface area (Å²) in [5, 5.41) is 10.6. The summed E-state index contributed by atoms with van der Waals surface area (Å²) in [6.45, 7) is 1.30. The van der Waals surface area contributed by atoms with Gasteiger partial charge in [0.15, 0.2) is 0 Å². The first-order valence-corrected chi connectivity index (χ1v) is 9.53. The number of carbonyl (C=O) groups excluding carboxylic acids is 2. The molecule has 2 amide bonds. The van der Waals surface area contributed by atoms with E-state index in [2.05, 4.69) is 10.6 Å². The molecule has 0 aromatic heterocycles. The van der Waals surface area contributed by atoms with Crippen molar-refractivity contribution in [3.8, 4) is 0 Å². The Balaban J connectivity index is 1.70. The molecule has 1 aromatic rings. The molecular formula is C16H23N3O5S. The van der Waals surface area contributed by atoms with Crippen LogP contribution in [-0.4, -0.2) is 47.0 Å².